The van der Waals surface area contributed by atoms with Gasteiger partial charge in [0.25, 0.3) is 0 Å². The first-order valence-corrected chi connectivity index (χ1v) is 6.37. The lowest BCUT2D eigenvalue weighted by Gasteiger charge is -2.14. The predicted octanol–water partition coefficient (Wildman–Crippen LogP) is 5.21. The standard InChI is InChI=1S/C16H24/c1-6-8-15(9-7-2)16-11-12(3)10-13(4)14(16)5/h8,10-11H,6-7,9H2,1-5H3/b15-8+. The molecule has 0 N–H and O–H groups in total. The summed E-state index contributed by atoms with van der Waals surface area (Å²) in [6, 6.07) is 4.60. The van der Waals surface area contributed by atoms with E-state index in [9.17, 15) is 0 Å². The summed E-state index contributed by atoms with van der Waals surface area (Å²) in [5, 5.41) is 0. The van der Waals surface area contributed by atoms with Crippen molar-refractivity contribution in [2.45, 2.75) is 53.9 Å². The van der Waals surface area contributed by atoms with E-state index in [2.05, 4.69) is 52.8 Å². The van der Waals surface area contributed by atoms with Gasteiger partial charge in [-0.25, -0.2) is 0 Å². The maximum atomic E-state index is 2.38. The molecular formula is C16H24. The van der Waals surface area contributed by atoms with E-state index < -0.39 is 0 Å². The molecule has 0 nitrogen and oxygen atoms in total. The molecule has 0 aliphatic heterocycles. The van der Waals surface area contributed by atoms with Crippen molar-refractivity contribution in [3.05, 3.63) is 40.5 Å². The van der Waals surface area contributed by atoms with Gasteiger partial charge in [0.1, 0.15) is 0 Å². The Balaban J connectivity index is 3.23. The molecule has 0 radical (unpaired) electrons. The Morgan fingerprint density at radius 1 is 1.12 bits per heavy atom. The lowest BCUT2D eigenvalue weighted by atomic mass is 9.92. The van der Waals surface area contributed by atoms with Gasteiger partial charge in [-0.1, -0.05) is 44.0 Å². The van der Waals surface area contributed by atoms with Gasteiger partial charge in [-0.2, -0.15) is 0 Å². The van der Waals surface area contributed by atoms with Crippen LogP contribution in [0.2, 0.25) is 0 Å². The molecule has 1 aromatic carbocycles. The van der Waals surface area contributed by atoms with E-state index in [0.29, 0.717) is 0 Å². The molecule has 16 heavy (non-hydrogen) atoms. The van der Waals surface area contributed by atoms with Gasteiger partial charge < -0.3 is 0 Å². The SMILES string of the molecule is CC/C=C(\CCC)c1cc(C)cc(C)c1C. The molecule has 0 aromatic heterocycles. The van der Waals surface area contributed by atoms with Crippen LogP contribution in [0.25, 0.3) is 5.57 Å². The van der Waals surface area contributed by atoms with Crippen molar-refractivity contribution in [3.63, 3.8) is 0 Å². The van der Waals surface area contributed by atoms with Gasteiger partial charge >= 0.3 is 0 Å². The molecule has 0 saturated carbocycles. The van der Waals surface area contributed by atoms with E-state index in [1.165, 1.54) is 40.7 Å². The number of benzene rings is 1. The molecule has 88 valence electrons. The second kappa shape index (κ2) is 5.89. The minimum Gasteiger partial charge on any atom is -0.0810 e. The topological polar surface area (TPSA) is 0 Å². The third kappa shape index (κ3) is 2.98. The summed E-state index contributed by atoms with van der Waals surface area (Å²) in [5.41, 5.74) is 7.21. The van der Waals surface area contributed by atoms with Crippen LogP contribution in [0.5, 0.6) is 0 Å². The molecule has 0 aliphatic carbocycles. The Kier molecular flexibility index (Phi) is 4.79. The molecule has 0 atom stereocenters. The molecule has 0 unspecified atom stereocenters. The van der Waals surface area contributed by atoms with Crippen LogP contribution in [-0.2, 0) is 0 Å². The first-order valence-electron chi connectivity index (χ1n) is 6.37. The van der Waals surface area contributed by atoms with Crippen LogP contribution in [0.1, 0.15) is 55.4 Å². The molecule has 0 aliphatic rings. The van der Waals surface area contributed by atoms with E-state index in [4.69, 9.17) is 0 Å². The van der Waals surface area contributed by atoms with Crippen molar-refractivity contribution in [3.8, 4) is 0 Å². The minimum atomic E-state index is 1.13. The molecular weight excluding hydrogens is 192 g/mol. The average molecular weight is 216 g/mol. The number of aryl methyl sites for hydroxylation is 2. The van der Waals surface area contributed by atoms with E-state index in [1.807, 2.05) is 0 Å². The zero-order chi connectivity index (χ0) is 12.1. The largest absolute Gasteiger partial charge is 0.0810 e. The van der Waals surface area contributed by atoms with Crippen LogP contribution < -0.4 is 0 Å². The molecule has 1 aromatic rings. The third-order valence-electron chi connectivity index (χ3n) is 3.13. The summed E-state index contributed by atoms with van der Waals surface area (Å²) >= 11 is 0. The highest BCUT2D eigenvalue weighted by molar-refractivity contribution is 5.69. The number of rotatable bonds is 4. The van der Waals surface area contributed by atoms with Crippen LogP contribution in [0.4, 0.5) is 0 Å². The van der Waals surface area contributed by atoms with Crippen molar-refractivity contribution < 1.29 is 0 Å². The van der Waals surface area contributed by atoms with Gasteiger partial charge in [-0.05, 0) is 55.9 Å². The first kappa shape index (κ1) is 13.0. The average Bonchev–Trinajstić information content (AvgIpc) is 2.23. The fourth-order valence-corrected chi connectivity index (χ4v) is 2.24. The molecule has 0 saturated heterocycles. The lowest BCUT2D eigenvalue weighted by molar-refractivity contribution is 0.964. The zero-order valence-corrected chi connectivity index (χ0v) is 11.4. The second-order valence-electron chi connectivity index (χ2n) is 4.64. The van der Waals surface area contributed by atoms with Crippen LogP contribution in [0, 0.1) is 20.8 Å². The lowest BCUT2D eigenvalue weighted by Crippen LogP contribution is -1.94. The van der Waals surface area contributed by atoms with Gasteiger partial charge in [-0.3, -0.25) is 0 Å². The maximum Gasteiger partial charge on any atom is -0.0193 e. The maximum absolute atomic E-state index is 2.38. The quantitative estimate of drug-likeness (QED) is 0.648. The van der Waals surface area contributed by atoms with Crippen molar-refractivity contribution in [2.24, 2.45) is 0 Å². The Labute approximate surface area is 100 Å². The highest BCUT2D eigenvalue weighted by Gasteiger charge is 2.06. The molecule has 0 heteroatoms. The van der Waals surface area contributed by atoms with Crippen molar-refractivity contribution in [1.29, 1.82) is 0 Å². The summed E-state index contributed by atoms with van der Waals surface area (Å²) in [5.74, 6) is 0. The minimum absolute atomic E-state index is 1.13. The second-order valence-corrected chi connectivity index (χ2v) is 4.64. The fraction of sp³-hybridized carbons (Fsp3) is 0.500. The van der Waals surface area contributed by atoms with Gasteiger partial charge in [-0.15, -0.1) is 0 Å². The Morgan fingerprint density at radius 3 is 2.38 bits per heavy atom. The van der Waals surface area contributed by atoms with E-state index in [-0.39, 0.29) is 0 Å². The van der Waals surface area contributed by atoms with E-state index in [1.54, 1.807) is 0 Å². The number of hydrogen-bond acceptors (Lipinski definition) is 0. The summed E-state index contributed by atoms with van der Waals surface area (Å²) in [6.45, 7) is 11.1. The molecule has 0 bridgehead atoms. The normalized spacial score (nSPS) is 11.9. The van der Waals surface area contributed by atoms with Crippen LogP contribution in [0.15, 0.2) is 18.2 Å². The summed E-state index contributed by atoms with van der Waals surface area (Å²) < 4.78 is 0. The van der Waals surface area contributed by atoms with E-state index in [0.717, 1.165) is 6.42 Å². The Bertz CT molecular complexity index is 383. The summed E-state index contributed by atoms with van der Waals surface area (Å²) in [6.07, 6.45) is 5.92. The molecule has 0 amide bonds. The monoisotopic (exact) mass is 216 g/mol. The van der Waals surface area contributed by atoms with Crippen LogP contribution in [-0.4, -0.2) is 0 Å². The molecule has 0 fully saturated rings. The van der Waals surface area contributed by atoms with Crippen LogP contribution in [0.3, 0.4) is 0 Å². The smallest absolute Gasteiger partial charge is 0.0193 e. The molecule has 1 rings (SSSR count). The van der Waals surface area contributed by atoms with Gasteiger partial charge in [0.2, 0.25) is 0 Å². The summed E-state index contributed by atoms with van der Waals surface area (Å²) in [4.78, 5) is 0. The third-order valence-corrected chi connectivity index (χ3v) is 3.13. The van der Waals surface area contributed by atoms with Gasteiger partial charge in [0, 0.05) is 0 Å². The van der Waals surface area contributed by atoms with Crippen molar-refractivity contribution in [1.82, 2.24) is 0 Å². The van der Waals surface area contributed by atoms with E-state index >= 15 is 0 Å². The van der Waals surface area contributed by atoms with Crippen molar-refractivity contribution in [2.75, 3.05) is 0 Å². The highest BCUT2D eigenvalue weighted by Crippen LogP contribution is 2.27. The highest BCUT2D eigenvalue weighted by atomic mass is 14.1. The van der Waals surface area contributed by atoms with Crippen molar-refractivity contribution >= 4 is 5.57 Å². The summed E-state index contributed by atoms with van der Waals surface area (Å²) in [7, 11) is 0. The Hall–Kier alpha value is -1.04. The molecule has 0 spiro atoms. The van der Waals surface area contributed by atoms with Crippen LogP contribution >= 0.6 is 0 Å². The van der Waals surface area contributed by atoms with Gasteiger partial charge in [0.15, 0.2) is 0 Å². The molecule has 0 heterocycles. The fourth-order valence-electron chi connectivity index (χ4n) is 2.24. The number of allylic oxidation sites excluding steroid dienone is 2. The Morgan fingerprint density at radius 2 is 1.81 bits per heavy atom. The van der Waals surface area contributed by atoms with Gasteiger partial charge in [0.05, 0.1) is 0 Å². The zero-order valence-electron chi connectivity index (χ0n) is 11.4. The predicted molar refractivity (Wildman–Crippen MR) is 73.8 cm³/mol. The number of hydrogen-bond donors (Lipinski definition) is 0. The first-order chi connectivity index (χ1) is 7.60.